The molecule has 2 aliphatic rings. The van der Waals surface area contributed by atoms with Crippen LogP contribution in [-0.4, -0.2) is 22.5 Å². The van der Waals surface area contributed by atoms with Crippen molar-refractivity contribution in [2.24, 2.45) is 0 Å². The van der Waals surface area contributed by atoms with Gasteiger partial charge in [0.2, 0.25) is 0 Å². The lowest BCUT2D eigenvalue weighted by atomic mass is 9.81. The van der Waals surface area contributed by atoms with Gasteiger partial charge in [-0.25, -0.2) is 0 Å². The van der Waals surface area contributed by atoms with Gasteiger partial charge in [0.05, 0.1) is 5.54 Å². The summed E-state index contributed by atoms with van der Waals surface area (Å²) in [5.74, 6) is -1.13. The summed E-state index contributed by atoms with van der Waals surface area (Å²) in [6.45, 7) is 1.92. The van der Waals surface area contributed by atoms with E-state index in [-0.39, 0.29) is 11.3 Å². The lowest BCUT2D eigenvalue weighted by Crippen LogP contribution is -2.46. The summed E-state index contributed by atoms with van der Waals surface area (Å²) in [5, 5.41) is 16.0. The van der Waals surface area contributed by atoms with Gasteiger partial charge in [-0.15, -0.1) is 0 Å². The van der Waals surface area contributed by atoms with E-state index < -0.39 is 17.4 Å². The van der Waals surface area contributed by atoms with Crippen LogP contribution in [0.2, 0.25) is 0 Å². The molecule has 1 aliphatic heterocycles. The number of carbonyl (C=O) groups is 2. The molecule has 22 heavy (non-hydrogen) atoms. The molecular weight excluding hydrogens is 280 g/mol. The first-order valence-electron chi connectivity index (χ1n) is 7.66. The Morgan fingerprint density at radius 2 is 2.00 bits per heavy atom. The number of aryl methyl sites for hydroxylation is 1. The molecule has 1 aromatic rings. The van der Waals surface area contributed by atoms with Crippen molar-refractivity contribution in [3.05, 3.63) is 41.2 Å². The van der Waals surface area contributed by atoms with E-state index in [1.54, 1.807) is 6.07 Å². The summed E-state index contributed by atoms with van der Waals surface area (Å²) < 4.78 is 0. The van der Waals surface area contributed by atoms with Crippen LogP contribution in [0.4, 0.5) is 5.69 Å². The molecule has 1 aliphatic carbocycles. The van der Waals surface area contributed by atoms with Gasteiger partial charge in [0, 0.05) is 5.69 Å². The van der Waals surface area contributed by atoms with Crippen molar-refractivity contribution in [1.82, 2.24) is 5.32 Å². The van der Waals surface area contributed by atoms with Gasteiger partial charge >= 0.3 is 0 Å². The molecule has 5 nitrogen and oxygen atoms in total. The predicted molar refractivity (Wildman–Crippen MR) is 83.4 cm³/mol. The highest BCUT2D eigenvalue weighted by atomic mass is 16.3. The maximum atomic E-state index is 12.4. The molecule has 0 aromatic heterocycles. The predicted octanol–water partition coefficient (Wildman–Crippen LogP) is 2.58. The van der Waals surface area contributed by atoms with Crippen molar-refractivity contribution in [1.29, 1.82) is 0 Å². The number of anilines is 1. The number of nitrogens with one attached hydrogen (secondary N) is 2. The molecular formula is C17H20N2O3. The standard InChI is InChI=1S/C17H20N2O3/c1-11-6-5-7-12(10-11)18-15(21)13-14(20)17(19-16(13)22)8-3-2-4-9-17/h5-7,10,20H,2-4,8-9H2,1H3,(H,18,21)(H,19,22). The third kappa shape index (κ3) is 2.47. The van der Waals surface area contributed by atoms with E-state index in [2.05, 4.69) is 10.6 Å². The van der Waals surface area contributed by atoms with Gasteiger partial charge in [0.15, 0.2) is 0 Å². The van der Waals surface area contributed by atoms with Gasteiger partial charge in [-0.1, -0.05) is 31.4 Å². The molecule has 0 unspecified atom stereocenters. The zero-order chi connectivity index (χ0) is 15.7. The first kappa shape index (κ1) is 14.6. The molecule has 0 bridgehead atoms. The number of carbonyl (C=O) groups excluding carboxylic acids is 2. The fraction of sp³-hybridized carbons (Fsp3) is 0.412. The van der Waals surface area contributed by atoms with Crippen LogP contribution in [0.5, 0.6) is 0 Å². The molecule has 2 amide bonds. The van der Waals surface area contributed by atoms with Crippen LogP contribution in [0.3, 0.4) is 0 Å². The molecule has 1 aromatic carbocycles. The smallest absolute Gasteiger partial charge is 0.264 e. The molecule has 3 rings (SSSR count). The van der Waals surface area contributed by atoms with Gasteiger partial charge in [-0.05, 0) is 37.5 Å². The molecule has 116 valence electrons. The van der Waals surface area contributed by atoms with Crippen LogP contribution >= 0.6 is 0 Å². The molecule has 0 atom stereocenters. The van der Waals surface area contributed by atoms with E-state index in [0.29, 0.717) is 18.5 Å². The second kappa shape index (κ2) is 5.48. The second-order valence-electron chi connectivity index (χ2n) is 6.14. The molecule has 1 spiro atoms. The molecule has 3 N–H and O–H groups in total. The summed E-state index contributed by atoms with van der Waals surface area (Å²) in [6.07, 6.45) is 4.35. The molecule has 5 heteroatoms. The van der Waals surface area contributed by atoms with Crippen molar-refractivity contribution >= 4 is 17.5 Å². The Labute approximate surface area is 129 Å². The number of hydrogen-bond acceptors (Lipinski definition) is 3. The Morgan fingerprint density at radius 1 is 1.27 bits per heavy atom. The number of benzene rings is 1. The van der Waals surface area contributed by atoms with Gasteiger partial charge in [0.25, 0.3) is 11.8 Å². The van der Waals surface area contributed by atoms with Crippen molar-refractivity contribution in [2.75, 3.05) is 5.32 Å². The van der Waals surface area contributed by atoms with Crippen LogP contribution in [0.15, 0.2) is 35.6 Å². The Morgan fingerprint density at radius 3 is 2.68 bits per heavy atom. The van der Waals surface area contributed by atoms with Gasteiger partial charge in [-0.3, -0.25) is 9.59 Å². The number of aliphatic hydroxyl groups is 1. The fourth-order valence-corrected chi connectivity index (χ4v) is 3.33. The SMILES string of the molecule is Cc1cccc(NC(=O)C2=C(O)C3(CCCCC3)NC2=O)c1. The largest absolute Gasteiger partial charge is 0.509 e. The summed E-state index contributed by atoms with van der Waals surface area (Å²) in [6, 6.07) is 7.33. The molecule has 1 saturated carbocycles. The number of amides is 2. The summed E-state index contributed by atoms with van der Waals surface area (Å²) in [7, 11) is 0. The Balaban J connectivity index is 1.86. The summed E-state index contributed by atoms with van der Waals surface area (Å²) >= 11 is 0. The zero-order valence-corrected chi connectivity index (χ0v) is 12.6. The van der Waals surface area contributed by atoms with E-state index in [1.807, 2.05) is 25.1 Å². The minimum atomic E-state index is -0.728. The molecule has 1 fully saturated rings. The minimum absolute atomic E-state index is 0.0950. The maximum absolute atomic E-state index is 12.4. The average molecular weight is 300 g/mol. The van der Waals surface area contributed by atoms with Crippen LogP contribution in [0.25, 0.3) is 0 Å². The van der Waals surface area contributed by atoms with Crippen molar-refractivity contribution in [3.8, 4) is 0 Å². The first-order valence-corrected chi connectivity index (χ1v) is 7.66. The van der Waals surface area contributed by atoms with E-state index in [1.165, 1.54) is 0 Å². The van der Waals surface area contributed by atoms with Crippen LogP contribution in [0.1, 0.15) is 37.7 Å². The highest BCUT2D eigenvalue weighted by Crippen LogP contribution is 2.38. The summed E-state index contributed by atoms with van der Waals surface area (Å²) in [5.41, 5.74) is 0.746. The van der Waals surface area contributed by atoms with Crippen molar-refractivity contribution in [3.63, 3.8) is 0 Å². The highest BCUT2D eigenvalue weighted by Gasteiger charge is 2.48. The Bertz CT molecular complexity index is 658. The number of aliphatic hydroxyl groups excluding tert-OH is 1. The monoisotopic (exact) mass is 300 g/mol. The number of rotatable bonds is 2. The number of hydrogen-bond donors (Lipinski definition) is 3. The third-order valence-electron chi connectivity index (χ3n) is 4.48. The normalized spacial score (nSPS) is 20.1. The minimum Gasteiger partial charge on any atom is -0.509 e. The quantitative estimate of drug-likeness (QED) is 0.735. The van der Waals surface area contributed by atoms with Gasteiger partial charge in [0.1, 0.15) is 11.3 Å². The van der Waals surface area contributed by atoms with E-state index >= 15 is 0 Å². The van der Waals surface area contributed by atoms with Gasteiger partial charge in [-0.2, -0.15) is 0 Å². The topological polar surface area (TPSA) is 78.4 Å². The van der Waals surface area contributed by atoms with Crippen LogP contribution < -0.4 is 10.6 Å². The highest BCUT2D eigenvalue weighted by molar-refractivity contribution is 6.24. The van der Waals surface area contributed by atoms with Crippen LogP contribution in [0, 0.1) is 6.92 Å². The first-order chi connectivity index (χ1) is 10.5. The van der Waals surface area contributed by atoms with Gasteiger partial charge < -0.3 is 15.7 Å². The van der Waals surface area contributed by atoms with Crippen molar-refractivity contribution in [2.45, 2.75) is 44.6 Å². The molecule has 0 radical (unpaired) electrons. The lowest BCUT2D eigenvalue weighted by molar-refractivity contribution is -0.121. The maximum Gasteiger partial charge on any atom is 0.264 e. The van der Waals surface area contributed by atoms with E-state index in [9.17, 15) is 14.7 Å². The zero-order valence-electron chi connectivity index (χ0n) is 12.6. The molecule has 1 heterocycles. The fourth-order valence-electron chi connectivity index (χ4n) is 3.33. The second-order valence-corrected chi connectivity index (χ2v) is 6.14. The average Bonchev–Trinajstić information content (AvgIpc) is 2.70. The van der Waals surface area contributed by atoms with E-state index in [4.69, 9.17) is 0 Å². The summed E-state index contributed by atoms with van der Waals surface area (Å²) in [4.78, 5) is 24.5. The third-order valence-corrected chi connectivity index (χ3v) is 4.48. The Kier molecular flexibility index (Phi) is 3.64. The Hall–Kier alpha value is -2.30. The van der Waals surface area contributed by atoms with E-state index in [0.717, 1.165) is 24.8 Å². The lowest BCUT2D eigenvalue weighted by Gasteiger charge is -2.33. The van der Waals surface area contributed by atoms with Crippen LogP contribution in [-0.2, 0) is 9.59 Å². The molecule has 0 saturated heterocycles. The van der Waals surface area contributed by atoms with Crippen molar-refractivity contribution < 1.29 is 14.7 Å².